The van der Waals surface area contributed by atoms with E-state index in [2.05, 4.69) is 27.7 Å². The summed E-state index contributed by atoms with van der Waals surface area (Å²) in [7, 11) is 0. The van der Waals surface area contributed by atoms with Gasteiger partial charge < -0.3 is 28.4 Å². The van der Waals surface area contributed by atoms with Gasteiger partial charge in [0.15, 0.2) is 0 Å². The topological polar surface area (TPSA) is 164 Å². The second kappa shape index (κ2) is 46.8. The Morgan fingerprint density at radius 2 is 0.609 bits per heavy atom. The number of hydrogen-bond donors (Lipinski definition) is 0. The van der Waals surface area contributed by atoms with E-state index in [4.69, 9.17) is 28.4 Å². The summed E-state index contributed by atoms with van der Waals surface area (Å²) in [6, 6.07) is 0. The zero-order chi connectivity index (χ0) is 51.2. The molecule has 0 N–H and O–H groups in total. The van der Waals surface area contributed by atoms with Crippen molar-refractivity contribution in [3.63, 3.8) is 0 Å². The van der Waals surface area contributed by atoms with Crippen molar-refractivity contribution in [1.29, 1.82) is 0 Å². The number of esters is 6. The first kappa shape index (κ1) is 65.5. The minimum absolute atomic E-state index is 0.176. The number of carbonyl (C=O) groups excluding carboxylic acids is 6. The molecular weight excluding hydrogens is 881 g/mol. The van der Waals surface area contributed by atoms with Crippen molar-refractivity contribution in [2.24, 2.45) is 5.92 Å². The van der Waals surface area contributed by atoms with E-state index in [0.29, 0.717) is 12.8 Å². The van der Waals surface area contributed by atoms with Crippen LogP contribution in [-0.2, 0) is 57.2 Å². The predicted octanol–water partition coefficient (Wildman–Crippen LogP) is 11.4. The van der Waals surface area contributed by atoms with Crippen LogP contribution in [0.5, 0.6) is 0 Å². The van der Waals surface area contributed by atoms with Gasteiger partial charge in [-0.25, -0.2) is 0 Å². The van der Waals surface area contributed by atoms with Crippen LogP contribution in [0.1, 0.15) is 222 Å². The van der Waals surface area contributed by atoms with E-state index in [9.17, 15) is 28.8 Å². The first-order valence-electron chi connectivity index (χ1n) is 27.5. The molecule has 69 heavy (non-hydrogen) atoms. The highest BCUT2D eigenvalue weighted by atomic mass is 16.6. The van der Waals surface area contributed by atoms with Gasteiger partial charge in [0.05, 0.1) is 65.7 Å². The second-order valence-corrected chi connectivity index (χ2v) is 18.8. The largest absolute Gasteiger partial charge is 0.465 e. The molecule has 0 aromatic carbocycles. The van der Waals surface area contributed by atoms with Crippen molar-refractivity contribution in [2.45, 2.75) is 234 Å². The molecule has 0 spiro atoms. The van der Waals surface area contributed by atoms with Crippen molar-refractivity contribution < 1.29 is 57.2 Å². The maximum absolute atomic E-state index is 13.6. The van der Waals surface area contributed by atoms with Gasteiger partial charge in [0.1, 0.15) is 12.2 Å². The molecule has 0 radical (unpaired) electrons. The predicted molar refractivity (Wildman–Crippen MR) is 273 cm³/mol. The Balaban J connectivity index is 5.77. The molecule has 0 rings (SSSR count). The van der Waals surface area contributed by atoms with Gasteiger partial charge in [-0.3, -0.25) is 38.6 Å². The smallest absolute Gasteiger partial charge is 0.320 e. The average Bonchev–Trinajstić information content (AvgIpc) is 3.31. The van der Waals surface area contributed by atoms with Crippen LogP contribution in [0.4, 0.5) is 0 Å². The summed E-state index contributed by atoms with van der Waals surface area (Å²) >= 11 is 0. The van der Waals surface area contributed by atoms with Crippen molar-refractivity contribution >= 4 is 35.8 Å². The maximum Gasteiger partial charge on any atom is 0.320 e. The molecule has 3 atom stereocenters. The SMILES string of the molecule is CCCCCCCCOC(=O)CN(CC(=O)OCCCCCCCC)CC(=O)OC(/C=C\C(CC(C)CC)OC(=O)CN(CC(=O)OCCCCCCCC)CC(=O)OCCCCCCCC)CC. The fourth-order valence-electron chi connectivity index (χ4n) is 7.53. The van der Waals surface area contributed by atoms with Crippen LogP contribution >= 0.6 is 0 Å². The van der Waals surface area contributed by atoms with Gasteiger partial charge in [-0.2, -0.15) is 0 Å². The molecule has 0 saturated carbocycles. The fraction of sp³-hybridized carbons (Fsp3) is 0.855. The Labute approximate surface area is 419 Å². The third kappa shape index (κ3) is 41.9. The van der Waals surface area contributed by atoms with E-state index in [1.165, 1.54) is 35.5 Å². The number of carbonyl (C=O) groups is 6. The molecular formula is C55H100N2O12. The lowest BCUT2D eigenvalue weighted by Gasteiger charge is -2.23. The Morgan fingerprint density at radius 1 is 0.348 bits per heavy atom. The Hall–Kier alpha value is -3.52. The normalized spacial score (nSPS) is 12.8. The minimum atomic E-state index is -0.698. The Bertz CT molecular complexity index is 1280. The Morgan fingerprint density at radius 3 is 0.899 bits per heavy atom. The van der Waals surface area contributed by atoms with Crippen molar-refractivity contribution in [3.05, 3.63) is 12.2 Å². The second-order valence-electron chi connectivity index (χ2n) is 18.8. The number of unbranched alkanes of at least 4 members (excludes halogenated alkanes) is 20. The van der Waals surface area contributed by atoms with E-state index in [-0.39, 0.29) is 71.6 Å². The fourth-order valence-corrected chi connectivity index (χ4v) is 7.53. The van der Waals surface area contributed by atoms with E-state index in [1.54, 1.807) is 12.2 Å². The highest BCUT2D eigenvalue weighted by molar-refractivity contribution is 5.79. The molecule has 0 bridgehead atoms. The average molecular weight is 981 g/mol. The van der Waals surface area contributed by atoms with Gasteiger partial charge in [0.2, 0.25) is 0 Å². The lowest BCUT2D eigenvalue weighted by Crippen LogP contribution is -2.41. The lowest BCUT2D eigenvalue weighted by molar-refractivity contribution is -0.156. The van der Waals surface area contributed by atoms with Gasteiger partial charge in [-0.1, -0.05) is 183 Å². The van der Waals surface area contributed by atoms with Crippen LogP contribution in [0.25, 0.3) is 0 Å². The zero-order valence-corrected chi connectivity index (χ0v) is 44.8. The summed E-state index contributed by atoms with van der Waals surface area (Å²) in [5.74, 6) is -3.22. The monoisotopic (exact) mass is 981 g/mol. The van der Waals surface area contributed by atoms with Gasteiger partial charge >= 0.3 is 35.8 Å². The van der Waals surface area contributed by atoms with Crippen LogP contribution < -0.4 is 0 Å². The number of hydrogen-bond acceptors (Lipinski definition) is 14. The van der Waals surface area contributed by atoms with Gasteiger partial charge in [-0.15, -0.1) is 0 Å². The Kier molecular flexibility index (Phi) is 44.5. The molecule has 3 unspecified atom stereocenters. The first-order valence-corrected chi connectivity index (χ1v) is 27.5. The summed E-state index contributed by atoms with van der Waals surface area (Å²) in [5, 5.41) is 0. The highest BCUT2D eigenvalue weighted by Gasteiger charge is 2.25. The molecule has 0 aromatic rings. The van der Waals surface area contributed by atoms with Crippen LogP contribution in [0.2, 0.25) is 0 Å². The summed E-state index contributed by atoms with van der Waals surface area (Å²) in [6.07, 6.45) is 28.8. The summed E-state index contributed by atoms with van der Waals surface area (Å²) in [5.41, 5.74) is 0. The quantitative estimate of drug-likeness (QED) is 0.0245. The lowest BCUT2D eigenvalue weighted by atomic mass is 10.0. The third-order valence-electron chi connectivity index (χ3n) is 12.0. The number of rotatable bonds is 48. The number of nitrogens with zero attached hydrogens (tertiary/aromatic N) is 2. The van der Waals surface area contributed by atoms with Crippen LogP contribution in [0.15, 0.2) is 12.2 Å². The molecule has 0 fully saturated rings. The molecule has 0 aromatic heterocycles. The molecule has 14 nitrogen and oxygen atoms in total. The molecule has 0 amide bonds. The molecule has 0 aliphatic heterocycles. The maximum atomic E-state index is 13.6. The van der Waals surface area contributed by atoms with Crippen molar-refractivity contribution in [3.8, 4) is 0 Å². The summed E-state index contributed by atoms with van der Waals surface area (Å²) < 4.78 is 33.7. The molecule has 402 valence electrons. The van der Waals surface area contributed by atoms with Crippen molar-refractivity contribution in [2.75, 3.05) is 65.7 Å². The van der Waals surface area contributed by atoms with E-state index >= 15 is 0 Å². The number of ether oxygens (including phenoxy) is 6. The molecule has 0 aliphatic rings. The van der Waals surface area contributed by atoms with E-state index in [1.807, 2.05) is 20.8 Å². The van der Waals surface area contributed by atoms with E-state index in [0.717, 1.165) is 135 Å². The van der Waals surface area contributed by atoms with Crippen molar-refractivity contribution in [1.82, 2.24) is 9.80 Å². The molecule has 0 saturated heterocycles. The van der Waals surface area contributed by atoms with Crippen LogP contribution in [0.3, 0.4) is 0 Å². The zero-order valence-electron chi connectivity index (χ0n) is 44.8. The standard InChI is InChI=1S/C55H100N2O12/c1-8-14-18-22-26-30-36-64-50(58)41-56(42-51(59)65-37-31-27-23-19-15-9-2)45-54(62)68-48(13-6)34-35-49(40-47(7)12-5)69-55(63)46-57(43-52(60)66-38-32-28-24-20-16-10-3)44-53(61)67-39-33-29-25-21-17-11-4/h34-35,47-49H,8-33,36-46H2,1-7H3/b35-34-. The molecule has 14 heteroatoms. The van der Waals surface area contributed by atoms with Crippen LogP contribution in [-0.4, -0.2) is 124 Å². The molecule has 0 aliphatic carbocycles. The van der Waals surface area contributed by atoms with E-state index < -0.39 is 48.0 Å². The summed E-state index contributed by atoms with van der Waals surface area (Å²) in [4.78, 5) is 81.4. The van der Waals surface area contributed by atoms with Gasteiger partial charge in [0.25, 0.3) is 0 Å². The third-order valence-corrected chi connectivity index (χ3v) is 12.0. The highest BCUT2D eigenvalue weighted by Crippen LogP contribution is 2.16. The summed E-state index contributed by atoms with van der Waals surface area (Å²) in [6.45, 7) is 13.9. The van der Waals surface area contributed by atoms with Gasteiger partial charge in [0, 0.05) is 0 Å². The molecule has 0 heterocycles. The first-order chi connectivity index (χ1) is 33.4. The van der Waals surface area contributed by atoms with Gasteiger partial charge in [-0.05, 0) is 56.6 Å². The minimum Gasteiger partial charge on any atom is -0.465 e. The van der Waals surface area contributed by atoms with Crippen LogP contribution in [0, 0.1) is 5.92 Å².